The van der Waals surface area contributed by atoms with Gasteiger partial charge < -0.3 is 15.5 Å². The second-order valence-electron chi connectivity index (χ2n) is 4.50. The number of rotatable bonds is 2. The molecule has 1 aromatic rings. The first-order chi connectivity index (χ1) is 6.83. The molecule has 0 aliphatic carbocycles. The van der Waals surface area contributed by atoms with Crippen LogP contribution in [-0.4, -0.2) is 15.8 Å². The quantitative estimate of drug-likeness (QED) is 0.684. The minimum atomic E-state index is -0.231. The van der Waals surface area contributed by atoms with Gasteiger partial charge in [0.15, 0.2) is 0 Å². The first kappa shape index (κ1) is 12.1. The molecule has 0 saturated carbocycles. The van der Waals surface area contributed by atoms with E-state index in [1.807, 2.05) is 20.8 Å². The van der Waals surface area contributed by atoms with Crippen molar-refractivity contribution < 1.29 is 10.2 Å². The molecule has 0 aliphatic heterocycles. The molecule has 0 aliphatic rings. The number of anilines is 1. The Morgan fingerprint density at radius 3 is 2.40 bits per heavy atom. The molecule has 4 heteroatoms. The average molecular weight is 230 g/mol. The van der Waals surface area contributed by atoms with E-state index in [9.17, 15) is 5.11 Å². The Morgan fingerprint density at radius 2 is 1.93 bits per heavy atom. The topological polar surface area (TPSA) is 52.5 Å². The van der Waals surface area contributed by atoms with E-state index in [1.54, 1.807) is 12.1 Å². The molecule has 0 fully saturated rings. The van der Waals surface area contributed by atoms with Crippen molar-refractivity contribution in [1.82, 2.24) is 0 Å². The smallest absolute Gasteiger partial charge is 0.139 e. The normalized spacial score (nSPS) is 11.5. The zero-order chi connectivity index (χ0) is 11.6. The number of aliphatic hydroxyl groups is 1. The number of halogens is 1. The van der Waals surface area contributed by atoms with Gasteiger partial charge in [-0.3, -0.25) is 0 Å². The Morgan fingerprint density at radius 1 is 1.33 bits per heavy atom. The van der Waals surface area contributed by atoms with Crippen molar-refractivity contribution >= 4 is 17.3 Å². The van der Waals surface area contributed by atoms with Gasteiger partial charge in [-0.15, -0.1) is 0 Å². The molecule has 0 radical (unpaired) electrons. The summed E-state index contributed by atoms with van der Waals surface area (Å²) < 4.78 is 0. The van der Waals surface area contributed by atoms with Crippen molar-refractivity contribution in [3.05, 3.63) is 22.7 Å². The van der Waals surface area contributed by atoms with E-state index in [1.165, 1.54) is 0 Å². The van der Waals surface area contributed by atoms with E-state index in [2.05, 4.69) is 5.32 Å². The van der Waals surface area contributed by atoms with Gasteiger partial charge in [0.05, 0.1) is 11.6 Å². The average Bonchev–Trinajstić information content (AvgIpc) is 2.08. The van der Waals surface area contributed by atoms with E-state index in [4.69, 9.17) is 16.7 Å². The summed E-state index contributed by atoms with van der Waals surface area (Å²) in [6.07, 6.45) is 0. The molecule has 0 bridgehead atoms. The fraction of sp³-hybridized carbons (Fsp3) is 0.455. The van der Waals surface area contributed by atoms with Crippen molar-refractivity contribution in [2.75, 3.05) is 5.32 Å². The Kier molecular flexibility index (Phi) is 3.47. The zero-order valence-corrected chi connectivity index (χ0v) is 9.89. The molecule has 0 saturated heterocycles. The van der Waals surface area contributed by atoms with Crippen LogP contribution in [0.2, 0.25) is 5.02 Å². The van der Waals surface area contributed by atoms with Crippen LogP contribution in [0.5, 0.6) is 5.75 Å². The van der Waals surface area contributed by atoms with Gasteiger partial charge in [0.25, 0.3) is 0 Å². The first-order valence-electron chi connectivity index (χ1n) is 4.74. The number of aromatic hydroxyl groups is 1. The zero-order valence-electron chi connectivity index (χ0n) is 9.13. The highest BCUT2D eigenvalue weighted by molar-refractivity contribution is 6.32. The second kappa shape index (κ2) is 4.29. The van der Waals surface area contributed by atoms with Gasteiger partial charge in [0.2, 0.25) is 0 Å². The summed E-state index contributed by atoms with van der Waals surface area (Å²) >= 11 is 5.83. The van der Waals surface area contributed by atoms with E-state index in [-0.39, 0.29) is 22.9 Å². The van der Waals surface area contributed by atoms with Crippen molar-refractivity contribution in [2.45, 2.75) is 32.9 Å². The molecule has 0 heterocycles. The Labute approximate surface area is 94.7 Å². The Bertz CT molecular complexity index is 358. The van der Waals surface area contributed by atoms with Gasteiger partial charge in [-0.2, -0.15) is 0 Å². The van der Waals surface area contributed by atoms with Crippen LogP contribution in [0.25, 0.3) is 0 Å². The maximum atomic E-state index is 9.50. The largest absolute Gasteiger partial charge is 0.506 e. The minimum absolute atomic E-state index is 0.0568. The third-order valence-corrected chi connectivity index (χ3v) is 2.12. The standard InChI is InChI=1S/C11H16ClNO2/c1-11(2,3)13-8-4-7(6-14)10(15)9(12)5-8/h4-5,13-15H,6H2,1-3H3. The monoisotopic (exact) mass is 229 g/mol. The molecule has 84 valence electrons. The van der Waals surface area contributed by atoms with Gasteiger partial charge in [-0.25, -0.2) is 0 Å². The van der Waals surface area contributed by atoms with Crippen molar-refractivity contribution in [1.29, 1.82) is 0 Å². The summed E-state index contributed by atoms with van der Waals surface area (Å²) in [6, 6.07) is 3.33. The SMILES string of the molecule is CC(C)(C)Nc1cc(Cl)c(O)c(CO)c1. The first-order valence-corrected chi connectivity index (χ1v) is 5.12. The van der Waals surface area contributed by atoms with Gasteiger partial charge in [-0.05, 0) is 32.9 Å². The molecular weight excluding hydrogens is 214 g/mol. The highest BCUT2D eigenvalue weighted by atomic mass is 35.5. The Balaban J connectivity index is 3.06. The molecule has 1 rings (SSSR count). The number of phenols is 1. The van der Waals surface area contributed by atoms with Crippen LogP contribution >= 0.6 is 11.6 Å². The third kappa shape index (κ3) is 3.29. The summed E-state index contributed by atoms with van der Waals surface area (Å²) in [5.74, 6) is -0.0568. The van der Waals surface area contributed by atoms with Crippen molar-refractivity contribution in [2.24, 2.45) is 0 Å². The molecule has 3 nitrogen and oxygen atoms in total. The van der Waals surface area contributed by atoms with E-state index >= 15 is 0 Å². The van der Waals surface area contributed by atoms with Crippen LogP contribution < -0.4 is 5.32 Å². The lowest BCUT2D eigenvalue weighted by Gasteiger charge is -2.23. The molecule has 15 heavy (non-hydrogen) atoms. The lowest BCUT2D eigenvalue weighted by Crippen LogP contribution is -2.26. The maximum absolute atomic E-state index is 9.50. The number of aliphatic hydroxyl groups excluding tert-OH is 1. The summed E-state index contributed by atoms with van der Waals surface area (Å²) in [5.41, 5.74) is 1.12. The predicted octanol–water partition coefficient (Wildman–Crippen LogP) is 2.75. The van der Waals surface area contributed by atoms with Crippen LogP contribution in [0, 0.1) is 0 Å². The molecule has 1 aromatic carbocycles. The van der Waals surface area contributed by atoms with Gasteiger partial charge in [-0.1, -0.05) is 11.6 Å². The van der Waals surface area contributed by atoms with Crippen LogP contribution in [0.3, 0.4) is 0 Å². The van der Waals surface area contributed by atoms with E-state index < -0.39 is 0 Å². The molecule has 0 aromatic heterocycles. The highest BCUT2D eigenvalue weighted by Crippen LogP contribution is 2.32. The molecule has 0 unspecified atom stereocenters. The van der Waals surface area contributed by atoms with Crippen molar-refractivity contribution in [3.8, 4) is 5.75 Å². The fourth-order valence-electron chi connectivity index (χ4n) is 1.28. The van der Waals surface area contributed by atoms with Crippen LogP contribution in [0.1, 0.15) is 26.3 Å². The van der Waals surface area contributed by atoms with Gasteiger partial charge >= 0.3 is 0 Å². The molecule has 0 amide bonds. The predicted molar refractivity (Wildman–Crippen MR) is 62.4 cm³/mol. The molecule has 3 N–H and O–H groups in total. The van der Waals surface area contributed by atoms with Gasteiger partial charge in [0, 0.05) is 16.8 Å². The number of hydrogen-bond acceptors (Lipinski definition) is 3. The van der Waals surface area contributed by atoms with Crippen LogP contribution in [0.4, 0.5) is 5.69 Å². The Hall–Kier alpha value is -0.930. The second-order valence-corrected chi connectivity index (χ2v) is 4.91. The summed E-state index contributed by atoms with van der Waals surface area (Å²) in [5, 5.41) is 22.0. The lowest BCUT2D eigenvalue weighted by atomic mass is 10.1. The van der Waals surface area contributed by atoms with E-state index in [0.29, 0.717) is 5.56 Å². The number of hydrogen-bond donors (Lipinski definition) is 3. The molecule has 0 atom stereocenters. The van der Waals surface area contributed by atoms with Crippen molar-refractivity contribution in [3.63, 3.8) is 0 Å². The fourth-order valence-corrected chi connectivity index (χ4v) is 1.52. The summed E-state index contributed by atoms with van der Waals surface area (Å²) in [7, 11) is 0. The van der Waals surface area contributed by atoms with E-state index in [0.717, 1.165) is 5.69 Å². The molecular formula is C11H16ClNO2. The summed E-state index contributed by atoms with van der Waals surface area (Å²) in [6.45, 7) is 5.83. The minimum Gasteiger partial charge on any atom is -0.506 e. The maximum Gasteiger partial charge on any atom is 0.139 e. The third-order valence-electron chi connectivity index (χ3n) is 1.83. The molecule has 0 spiro atoms. The highest BCUT2D eigenvalue weighted by Gasteiger charge is 2.12. The lowest BCUT2D eigenvalue weighted by molar-refractivity contribution is 0.275. The van der Waals surface area contributed by atoms with Gasteiger partial charge in [0.1, 0.15) is 5.75 Å². The number of nitrogens with one attached hydrogen (secondary N) is 1. The number of benzene rings is 1. The van der Waals surface area contributed by atoms with Crippen LogP contribution in [0.15, 0.2) is 12.1 Å². The van der Waals surface area contributed by atoms with Crippen LogP contribution in [-0.2, 0) is 6.61 Å². The summed E-state index contributed by atoms with van der Waals surface area (Å²) in [4.78, 5) is 0.